The van der Waals surface area contributed by atoms with Crippen LogP contribution in [-0.4, -0.2) is 17.6 Å². The average Bonchev–Trinajstić information content (AvgIpc) is 2.52. The zero-order chi connectivity index (χ0) is 10.4. The molecule has 0 spiro atoms. The van der Waals surface area contributed by atoms with Crippen LogP contribution in [0.5, 0.6) is 0 Å². The molecule has 0 aromatic carbocycles. The summed E-state index contributed by atoms with van der Waals surface area (Å²) in [7, 11) is 0. The van der Waals surface area contributed by atoms with Crippen molar-refractivity contribution in [2.45, 2.75) is 13.8 Å². The number of aryl methyl sites for hydroxylation is 1. The van der Waals surface area contributed by atoms with E-state index in [2.05, 4.69) is 10.3 Å². The molecule has 0 bridgehead atoms. The van der Waals surface area contributed by atoms with Crippen LogP contribution in [0.4, 0.5) is 5.13 Å². The number of carbonyl (C=O) groups excluding carboxylic acids is 1. The van der Waals surface area contributed by atoms with Crippen LogP contribution < -0.4 is 5.32 Å². The summed E-state index contributed by atoms with van der Waals surface area (Å²) >= 11 is 1.49. The van der Waals surface area contributed by atoms with Gasteiger partial charge in [0.2, 0.25) is 0 Å². The van der Waals surface area contributed by atoms with Gasteiger partial charge in [-0.15, -0.1) is 11.3 Å². The van der Waals surface area contributed by atoms with Crippen molar-refractivity contribution in [2.75, 3.05) is 11.9 Å². The van der Waals surface area contributed by atoms with Gasteiger partial charge >= 0.3 is 5.97 Å². The van der Waals surface area contributed by atoms with Crippen molar-refractivity contribution in [3.05, 3.63) is 23.3 Å². The van der Waals surface area contributed by atoms with Crippen LogP contribution in [0, 0.1) is 6.92 Å². The molecule has 4 nitrogen and oxygen atoms in total. The lowest BCUT2D eigenvalue weighted by Gasteiger charge is -1.95. The minimum absolute atomic E-state index is 0.353. The number of aromatic nitrogens is 1. The van der Waals surface area contributed by atoms with Crippen LogP contribution in [-0.2, 0) is 9.53 Å². The Bertz CT molecular complexity index is 333. The fraction of sp³-hybridized carbons (Fsp3) is 0.333. The van der Waals surface area contributed by atoms with E-state index >= 15 is 0 Å². The Morgan fingerprint density at radius 3 is 3.14 bits per heavy atom. The van der Waals surface area contributed by atoms with Gasteiger partial charge in [-0.2, -0.15) is 0 Å². The molecule has 0 radical (unpaired) electrons. The Morgan fingerprint density at radius 2 is 2.57 bits per heavy atom. The molecule has 1 heterocycles. The number of nitrogens with one attached hydrogen (secondary N) is 1. The molecular weight excluding hydrogens is 200 g/mol. The summed E-state index contributed by atoms with van der Waals surface area (Å²) in [6.45, 7) is 4.07. The van der Waals surface area contributed by atoms with Gasteiger partial charge in [0, 0.05) is 17.7 Å². The zero-order valence-corrected chi connectivity index (χ0v) is 8.93. The summed E-state index contributed by atoms with van der Waals surface area (Å²) in [6.07, 6.45) is 2.86. The number of carbonyl (C=O) groups is 1. The second-order valence-electron chi connectivity index (χ2n) is 2.52. The first-order valence-corrected chi connectivity index (χ1v) is 5.12. The van der Waals surface area contributed by atoms with Gasteiger partial charge in [0.05, 0.1) is 12.3 Å². The Kier molecular flexibility index (Phi) is 4.12. The third-order valence-electron chi connectivity index (χ3n) is 1.33. The van der Waals surface area contributed by atoms with Gasteiger partial charge in [-0.3, -0.25) is 0 Å². The highest BCUT2D eigenvalue weighted by Gasteiger charge is 1.95. The van der Waals surface area contributed by atoms with E-state index in [-0.39, 0.29) is 5.97 Å². The number of nitrogens with zero attached hydrogens (tertiary/aromatic N) is 1. The molecular formula is C9H12N2O2S. The lowest BCUT2D eigenvalue weighted by Crippen LogP contribution is -2.00. The van der Waals surface area contributed by atoms with E-state index in [0.29, 0.717) is 6.61 Å². The van der Waals surface area contributed by atoms with E-state index < -0.39 is 0 Å². The van der Waals surface area contributed by atoms with Crippen LogP contribution in [0.3, 0.4) is 0 Å². The van der Waals surface area contributed by atoms with Gasteiger partial charge < -0.3 is 10.1 Å². The molecule has 0 aliphatic carbocycles. The fourth-order valence-corrected chi connectivity index (χ4v) is 1.46. The molecule has 14 heavy (non-hydrogen) atoms. The van der Waals surface area contributed by atoms with Crippen LogP contribution in [0.1, 0.15) is 12.6 Å². The molecule has 0 saturated heterocycles. The normalized spacial score (nSPS) is 10.4. The van der Waals surface area contributed by atoms with Crippen molar-refractivity contribution in [2.24, 2.45) is 0 Å². The van der Waals surface area contributed by atoms with Crippen molar-refractivity contribution >= 4 is 22.4 Å². The predicted octanol–water partition coefficient (Wildman–Crippen LogP) is 1.94. The fourth-order valence-electron chi connectivity index (χ4n) is 0.792. The number of hydrogen-bond donors (Lipinski definition) is 1. The number of rotatable bonds is 4. The summed E-state index contributed by atoms with van der Waals surface area (Å²) in [4.78, 5) is 15.0. The topological polar surface area (TPSA) is 51.2 Å². The summed E-state index contributed by atoms with van der Waals surface area (Å²) < 4.78 is 4.70. The predicted molar refractivity (Wildman–Crippen MR) is 56.2 cm³/mol. The molecule has 0 aliphatic rings. The SMILES string of the molecule is CCOC(=O)C=CNc1nc(C)cs1. The summed E-state index contributed by atoms with van der Waals surface area (Å²) in [5, 5.41) is 5.58. The number of ether oxygens (including phenoxy) is 1. The van der Waals surface area contributed by atoms with E-state index in [4.69, 9.17) is 4.74 Å². The second-order valence-corrected chi connectivity index (χ2v) is 3.38. The van der Waals surface area contributed by atoms with Gasteiger partial charge in [0.25, 0.3) is 0 Å². The summed E-state index contributed by atoms with van der Waals surface area (Å²) in [5.41, 5.74) is 0.960. The number of thiazole rings is 1. The molecule has 0 aliphatic heterocycles. The molecule has 76 valence electrons. The molecule has 1 aromatic rings. The number of anilines is 1. The third-order valence-corrected chi connectivity index (χ3v) is 2.22. The van der Waals surface area contributed by atoms with E-state index in [1.807, 2.05) is 12.3 Å². The number of esters is 1. The third kappa shape index (κ3) is 3.57. The zero-order valence-electron chi connectivity index (χ0n) is 8.11. The van der Waals surface area contributed by atoms with Gasteiger partial charge in [-0.25, -0.2) is 9.78 Å². The van der Waals surface area contributed by atoms with Crippen molar-refractivity contribution in [3.63, 3.8) is 0 Å². The van der Waals surface area contributed by atoms with E-state index in [1.165, 1.54) is 23.6 Å². The lowest BCUT2D eigenvalue weighted by molar-refractivity contribution is -0.137. The van der Waals surface area contributed by atoms with Crippen molar-refractivity contribution < 1.29 is 9.53 Å². The van der Waals surface area contributed by atoms with Gasteiger partial charge in [-0.1, -0.05) is 0 Å². The minimum Gasteiger partial charge on any atom is -0.463 e. The summed E-state index contributed by atoms with van der Waals surface area (Å²) in [6, 6.07) is 0. The van der Waals surface area contributed by atoms with E-state index in [1.54, 1.807) is 6.92 Å². The maximum Gasteiger partial charge on any atom is 0.332 e. The van der Waals surface area contributed by atoms with Crippen molar-refractivity contribution in [1.82, 2.24) is 4.98 Å². The maximum atomic E-state index is 10.9. The van der Waals surface area contributed by atoms with E-state index in [9.17, 15) is 4.79 Å². The molecule has 0 unspecified atom stereocenters. The highest BCUT2D eigenvalue weighted by atomic mass is 32.1. The number of hydrogen-bond acceptors (Lipinski definition) is 5. The molecule has 0 atom stereocenters. The molecule has 0 fully saturated rings. The second kappa shape index (κ2) is 5.39. The smallest absolute Gasteiger partial charge is 0.332 e. The molecule has 1 rings (SSSR count). The van der Waals surface area contributed by atoms with Gasteiger partial charge in [0.1, 0.15) is 0 Å². The first-order chi connectivity index (χ1) is 6.72. The minimum atomic E-state index is -0.353. The van der Waals surface area contributed by atoms with Crippen molar-refractivity contribution in [1.29, 1.82) is 0 Å². The van der Waals surface area contributed by atoms with Crippen LogP contribution in [0.15, 0.2) is 17.7 Å². The standard InChI is InChI=1S/C9H12N2O2S/c1-3-13-8(12)4-5-10-9-11-7(2)6-14-9/h4-6H,3H2,1-2H3,(H,10,11). The molecule has 5 heteroatoms. The van der Waals surface area contributed by atoms with Crippen LogP contribution in [0.25, 0.3) is 0 Å². The molecule has 0 amide bonds. The highest BCUT2D eigenvalue weighted by molar-refractivity contribution is 7.13. The summed E-state index contributed by atoms with van der Waals surface area (Å²) in [5.74, 6) is -0.353. The highest BCUT2D eigenvalue weighted by Crippen LogP contribution is 2.13. The Morgan fingerprint density at radius 1 is 1.79 bits per heavy atom. The molecule has 1 aromatic heterocycles. The van der Waals surface area contributed by atoms with Crippen LogP contribution in [0.2, 0.25) is 0 Å². The quantitative estimate of drug-likeness (QED) is 0.612. The first kappa shape index (κ1) is 10.7. The Balaban J connectivity index is 2.36. The van der Waals surface area contributed by atoms with Gasteiger partial charge in [0.15, 0.2) is 5.13 Å². The Labute approximate surface area is 86.6 Å². The Hall–Kier alpha value is -1.36. The van der Waals surface area contributed by atoms with E-state index in [0.717, 1.165) is 10.8 Å². The van der Waals surface area contributed by atoms with Crippen LogP contribution >= 0.6 is 11.3 Å². The average molecular weight is 212 g/mol. The first-order valence-electron chi connectivity index (χ1n) is 4.24. The molecule has 1 N–H and O–H groups in total. The maximum absolute atomic E-state index is 10.9. The van der Waals surface area contributed by atoms with Crippen molar-refractivity contribution in [3.8, 4) is 0 Å². The lowest BCUT2D eigenvalue weighted by atomic mass is 10.6. The monoisotopic (exact) mass is 212 g/mol. The largest absolute Gasteiger partial charge is 0.463 e. The van der Waals surface area contributed by atoms with Gasteiger partial charge in [-0.05, 0) is 13.8 Å². The molecule has 0 saturated carbocycles.